The number of benzene rings is 2. The predicted molar refractivity (Wildman–Crippen MR) is 124 cm³/mol. The van der Waals surface area contributed by atoms with E-state index in [9.17, 15) is 24.6 Å². The van der Waals surface area contributed by atoms with Gasteiger partial charge in [0.25, 0.3) is 0 Å². The zero-order valence-electron chi connectivity index (χ0n) is 18.0. The monoisotopic (exact) mass is 470 g/mol. The molecule has 2 aromatic carbocycles. The van der Waals surface area contributed by atoms with Crippen molar-refractivity contribution in [2.24, 2.45) is 0 Å². The summed E-state index contributed by atoms with van der Waals surface area (Å²) in [7, 11) is 0. The fourth-order valence-electron chi connectivity index (χ4n) is 4.44. The number of nitrogens with zero attached hydrogens (tertiary/aromatic N) is 1. The number of β-amino-alcohol motifs (C(OH)–C–C–N with tert-alkyl or cyclic N) is 1. The van der Waals surface area contributed by atoms with Crippen molar-refractivity contribution in [2.45, 2.75) is 24.5 Å². The fourth-order valence-corrected chi connectivity index (χ4v) is 5.17. The number of amides is 2. The molecule has 2 aliphatic rings. The highest BCUT2D eigenvalue weighted by Crippen LogP contribution is 2.44. The van der Waals surface area contributed by atoms with Gasteiger partial charge >= 0.3 is 12.1 Å². The smallest absolute Gasteiger partial charge is 0.407 e. The van der Waals surface area contributed by atoms with Crippen LogP contribution in [-0.4, -0.2) is 76.4 Å². The van der Waals surface area contributed by atoms with E-state index in [1.807, 2.05) is 24.3 Å². The third kappa shape index (κ3) is 5.15. The van der Waals surface area contributed by atoms with E-state index in [4.69, 9.17) is 4.74 Å². The van der Waals surface area contributed by atoms with Gasteiger partial charge in [0.15, 0.2) is 0 Å². The fraction of sp³-hybridized carbons (Fsp3) is 0.375. The maximum absolute atomic E-state index is 12.3. The number of aliphatic hydroxyl groups excluding tert-OH is 1. The Kier molecular flexibility index (Phi) is 7.20. The third-order valence-corrected chi connectivity index (χ3v) is 6.91. The summed E-state index contributed by atoms with van der Waals surface area (Å²) >= 11 is 1.29. The molecule has 1 saturated heterocycles. The maximum atomic E-state index is 12.3. The number of thioether (sulfide) groups is 1. The lowest BCUT2D eigenvalue weighted by atomic mass is 9.98. The molecule has 1 aliphatic carbocycles. The van der Waals surface area contributed by atoms with Gasteiger partial charge in [-0.3, -0.25) is 4.79 Å². The van der Waals surface area contributed by atoms with E-state index in [0.29, 0.717) is 12.3 Å². The topological polar surface area (TPSA) is 116 Å². The van der Waals surface area contributed by atoms with Gasteiger partial charge in [0.05, 0.1) is 11.9 Å². The largest absolute Gasteiger partial charge is 0.480 e. The van der Waals surface area contributed by atoms with Crippen LogP contribution >= 0.6 is 11.8 Å². The number of carboxylic acid groups (broad SMARTS) is 1. The molecule has 0 spiro atoms. The molecule has 1 aliphatic heterocycles. The van der Waals surface area contributed by atoms with Gasteiger partial charge in [-0.1, -0.05) is 48.5 Å². The van der Waals surface area contributed by atoms with E-state index in [2.05, 4.69) is 29.6 Å². The van der Waals surface area contributed by atoms with Gasteiger partial charge in [-0.2, -0.15) is 11.8 Å². The van der Waals surface area contributed by atoms with Crippen molar-refractivity contribution < 1.29 is 29.3 Å². The number of rotatable bonds is 8. The summed E-state index contributed by atoms with van der Waals surface area (Å²) in [5.74, 6) is -0.882. The lowest BCUT2D eigenvalue weighted by Crippen LogP contribution is -2.41. The Labute approximate surface area is 195 Å². The third-order valence-electron chi connectivity index (χ3n) is 5.97. The van der Waals surface area contributed by atoms with Crippen LogP contribution in [0.5, 0.6) is 0 Å². The summed E-state index contributed by atoms with van der Waals surface area (Å²) in [6.45, 7) is 0.591. The molecule has 2 unspecified atom stereocenters. The van der Waals surface area contributed by atoms with Crippen LogP contribution in [0.3, 0.4) is 0 Å². The minimum atomic E-state index is -1.11. The molecule has 2 atom stereocenters. The van der Waals surface area contributed by atoms with Gasteiger partial charge in [-0.05, 0) is 22.3 Å². The van der Waals surface area contributed by atoms with Crippen LogP contribution in [0.15, 0.2) is 48.5 Å². The Balaban J connectivity index is 1.19. The quantitative estimate of drug-likeness (QED) is 0.507. The van der Waals surface area contributed by atoms with Crippen molar-refractivity contribution in [1.29, 1.82) is 0 Å². The number of aliphatic carboxylic acids is 1. The van der Waals surface area contributed by atoms with Gasteiger partial charge in [-0.25, -0.2) is 9.59 Å². The molecule has 8 nitrogen and oxygen atoms in total. The van der Waals surface area contributed by atoms with E-state index >= 15 is 0 Å². The zero-order chi connectivity index (χ0) is 23.4. The number of carbonyl (C=O) groups excluding carboxylic acids is 2. The summed E-state index contributed by atoms with van der Waals surface area (Å²) in [6.07, 6.45) is -1.28. The molecule has 0 bridgehead atoms. The van der Waals surface area contributed by atoms with Crippen molar-refractivity contribution in [2.75, 3.05) is 31.2 Å². The number of hydrogen-bond donors (Lipinski definition) is 3. The first kappa shape index (κ1) is 23.1. The summed E-state index contributed by atoms with van der Waals surface area (Å²) in [5, 5.41) is 21.5. The van der Waals surface area contributed by atoms with E-state index in [0.717, 1.165) is 11.1 Å². The molecule has 0 aromatic heterocycles. The number of likely N-dealkylation sites (tertiary alicyclic amines) is 1. The van der Waals surface area contributed by atoms with Crippen LogP contribution in [0.1, 0.15) is 23.5 Å². The Morgan fingerprint density at radius 3 is 2.33 bits per heavy atom. The van der Waals surface area contributed by atoms with Crippen LogP contribution in [0.2, 0.25) is 0 Å². The molecule has 2 aromatic rings. The molecule has 174 valence electrons. The number of aliphatic hydroxyl groups is 1. The summed E-state index contributed by atoms with van der Waals surface area (Å²) in [5.41, 5.74) is 4.62. The lowest BCUT2D eigenvalue weighted by molar-refractivity contribution is -0.147. The minimum Gasteiger partial charge on any atom is -0.480 e. The highest BCUT2D eigenvalue weighted by atomic mass is 32.2. The number of ether oxygens (including phenoxy) is 1. The highest BCUT2D eigenvalue weighted by Gasteiger charge is 2.38. The van der Waals surface area contributed by atoms with Crippen LogP contribution in [0, 0.1) is 0 Å². The van der Waals surface area contributed by atoms with E-state index < -0.39 is 24.2 Å². The Bertz CT molecular complexity index is 1000. The number of fused-ring (bicyclic) bond motifs is 3. The molecule has 0 saturated carbocycles. The van der Waals surface area contributed by atoms with E-state index in [-0.39, 0.29) is 37.2 Å². The van der Waals surface area contributed by atoms with Crippen molar-refractivity contribution in [3.05, 3.63) is 59.7 Å². The first-order chi connectivity index (χ1) is 16.0. The Hall–Kier alpha value is -3.04. The van der Waals surface area contributed by atoms with Gasteiger partial charge in [0, 0.05) is 31.2 Å². The molecule has 4 rings (SSSR count). The van der Waals surface area contributed by atoms with Crippen LogP contribution in [0.25, 0.3) is 11.1 Å². The second kappa shape index (κ2) is 10.3. The molecule has 3 N–H and O–H groups in total. The van der Waals surface area contributed by atoms with Crippen molar-refractivity contribution >= 4 is 29.7 Å². The lowest BCUT2D eigenvalue weighted by Gasteiger charge is -2.20. The first-order valence-corrected chi connectivity index (χ1v) is 12.0. The van der Waals surface area contributed by atoms with Gasteiger partial charge in [-0.15, -0.1) is 0 Å². The molecule has 1 fully saturated rings. The number of carboxylic acids is 1. The van der Waals surface area contributed by atoms with Crippen molar-refractivity contribution in [3.63, 3.8) is 0 Å². The highest BCUT2D eigenvalue weighted by molar-refractivity contribution is 7.99. The van der Waals surface area contributed by atoms with Gasteiger partial charge in [0.1, 0.15) is 12.6 Å². The molecular formula is C24H26N2O6S. The minimum absolute atomic E-state index is 0.00635. The predicted octanol–water partition coefficient (Wildman–Crippen LogP) is 2.30. The van der Waals surface area contributed by atoms with E-state index in [1.165, 1.54) is 27.8 Å². The standard InChI is InChI=1S/C24H26N2O6S/c27-15-11-21(23(29)30)26(12-15)22(28)14-33-10-9-25-24(31)32-13-20-18-7-3-1-5-16(18)17-6-2-4-8-19(17)20/h1-8,15,20-21,27H,9-14H2,(H,25,31)(H,29,30). The Morgan fingerprint density at radius 2 is 1.70 bits per heavy atom. The Morgan fingerprint density at radius 1 is 1.06 bits per heavy atom. The molecule has 0 radical (unpaired) electrons. The second-order valence-electron chi connectivity index (χ2n) is 8.09. The SMILES string of the molecule is O=C(NCCSCC(=O)N1CC(O)CC1C(=O)O)OCC1c2ccccc2-c2ccccc21. The van der Waals surface area contributed by atoms with E-state index in [1.54, 1.807) is 0 Å². The maximum Gasteiger partial charge on any atom is 0.407 e. The van der Waals surface area contributed by atoms with Crippen LogP contribution in [0.4, 0.5) is 4.79 Å². The van der Waals surface area contributed by atoms with Crippen molar-refractivity contribution in [1.82, 2.24) is 10.2 Å². The molecule has 2 amide bonds. The molecule has 1 heterocycles. The number of alkyl carbamates (subject to hydrolysis) is 1. The first-order valence-electron chi connectivity index (χ1n) is 10.8. The average Bonchev–Trinajstić information content (AvgIpc) is 3.36. The normalized spacial score (nSPS) is 19.1. The summed E-state index contributed by atoms with van der Waals surface area (Å²) in [4.78, 5) is 36.9. The van der Waals surface area contributed by atoms with Gasteiger partial charge < -0.3 is 25.2 Å². The second-order valence-corrected chi connectivity index (χ2v) is 9.20. The number of carbonyl (C=O) groups is 3. The van der Waals surface area contributed by atoms with Crippen LogP contribution < -0.4 is 5.32 Å². The number of nitrogens with one attached hydrogen (secondary N) is 1. The number of hydrogen-bond acceptors (Lipinski definition) is 6. The zero-order valence-corrected chi connectivity index (χ0v) is 18.8. The van der Waals surface area contributed by atoms with Crippen LogP contribution in [-0.2, 0) is 14.3 Å². The molecular weight excluding hydrogens is 444 g/mol. The summed E-state index contributed by atoms with van der Waals surface area (Å²) < 4.78 is 5.47. The van der Waals surface area contributed by atoms with Gasteiger partial charge in [0.2, 0.25) is 5.91 Å². The molecule has 9 heteroatoms. The van der Waals surface area contributed by atoms with Crippen molar-refractivity contribution in [3.8, 4) is 11.1 Å². The molecule has 33 heavy (non-hydrogen) atoms. The average molecular weight is 471 g/mol. The summed E-state index contributed by atoms with van der Waals surface area (Å²) in [6, 6.07) is 15.3.